The molecular formula is C7H14BNO5S. The lowest BCUT2D eigenvalue weighted by atomic mass is 9.69. The molecule has 2 atom stereocenters. The van der Waals surface area contributed by atoms with Gasteiger partial charge in [0, 0.05) is 5.54 Å². The summed E-state index contributed by atoms with van der Waals surface area (Å²) in [7, 11) is 1.22. The fraction of sp³-hybridized carbons (Fsp3) is 0.857. The third-order valence-corrected chi connectivity index (χ3v) is 3.05. The smallest absolute Gasteiger partial charge is 0.305 e. The van der Waals surface area contributed by atoms with Crippen LogP contribution in [0.1, 0.15) is 19.8 Å². The molecule has 0 rings (SSSR count). The number of carbonyl (C=O) groups is 1. The van der Waals surface area contributed by atoms with Crippen LogP contribution in [0.4, 0.5) is 0 Å². The Morgan fingerprint density at radius 1 is 1.60 bits per heavy atom. The molecule has 6 nitrogen and oxygen atoms in total. The minimum Gasteiger partial charge on any atom is -0.481 e. The lowest BCUT2D eigenvalue weighted by Gasteiger charge is -2.32. The Balaban J connectivity index is 4.72. The molecule has 0 spiro atoms. The number of carboxylic acids is 1. The normalized spacial score (nSPS) is 18.1. The lowest BCUT2D eigenvalue weighted by molar-refractivity contribution is -0.138. The molecule has 0 aliphatic heterocycles. The highest BCUT2D eigenvalue weighted by molar-refractivity contribution is 7.85. The Morgan fingerprint density at radius 3 is 2.33 bits per heavy atom. The molecule has 2 unspecified atom stereocenters. The van der Waals surface area contributed by atoms with Crippen molar-refractivity contribution >= 4 is 23.9 Å². The van der Waals surface area contributed by atoms with Gasteiger partial charge in [0.1, 0.15) is 0 Å². The molecule has 86 valence electrons. The Hall–Kier alpha value is -0.595. The van der Waals surface area contributed by atoms with Gasteiger partial charge in [0.05, 0.1) is 20.0 Å². The Labute approximate surface area is 90.0 Å². The first-order chi connectivity index (χ1) is 6.60. The summed E-state index contributed by atoms with van der Waals surface area (Å²) >= 11 is 0. The summed E-state index contributed by atoms with van der Waals surface area (Å²) in [5.74, 6) is -3.02. The second-order valence-electron chi connectivity index (χ2n) is 3.51. The standard InChI is InChI=1S/C7H14BNO5S/c1-2-7(9,3-6(10)11)5(8)4-15(12,13)14/h5H,2-4,9H2,1H3,(H,10,11)(H,12,13,14). The summed E-state index contributed by atoms with van der Waals surface area (Å²) in [6.07, 6.45) is -0.240. The molecule has 0 bridgehead atoms. The number of nitrogens with two attached hydrogens (primary N) is 1. The van der Waals surface area contributed by atoms with E-state index in [1.165, 1.54) is 0 Å². The van der Waals surface area contributed by atoms with Gasteiger partial charge in [-0.15, -0.1) is 0 Å². The molecule has 15 heavy (non-hydrogen) atoms. The molecule has 2 radical (unpaired) electrons. The van der Waals surface area contributed by atoms with E-state index in [0.717, 1.165) is 0 Å². The lowest BCUT2D eigenvalue weighted by Crippen LogP contribution is -2.47. The average molecular weight is 235 g/mol. The minimum atomic E-state index is -4.25. The molecule has 0 heterocycles. The molecule has 0 saturated heterocycles. The van der Waals surface area contributed by atoms with Crippen LogP contribution in [0, 0.1) is 0 Å². The van der Waals surface area contributed by atoms with Crippen molar-refractivity contribution in [1.29, 1.82) is 0 Å². The third kappa shape index (κ3) is 5.15. The first-order valence-electron chi connectivity index (χ1n) is 4.32. The Kier molecular flexibility index (Phi) is 4.76. The maximum atomic E-state index is 10.6. The van der Waals surface area contributed by atoms with Crippen molar-refractivity contribution in [1.82, 2.24) is 0 Å². The van der Waals surface area contributed by atoms with Crippen molar-refractivity contribution in [2.24, 2.45) is 5.73 Å². The van der Waals surface area contributed by atoms with Crippen LogP contribution in [0.25, 0.3) is 0 Å². The van der Waals surface area contributed by atoms with Gasteiger partial charge in [-0.1, -0.05) is 6.92 Å². The number of aliphatic carboxylic acids is 1. The molecule has 0 aliphatic carbocycles. The third-order valence-electron chi connectivity index (χ3n) is 2.27. The molecule has 0 saturated carbocycles. The molecule has 0 aromatic heterocycles. The first-order valence-corrected chi connectivity index (χ1v) is 5.93. The van der Waals surface area contributed by atoms with Gasteiger partial charge >= 0.3 is 5.97 Å². The summed E-state index contributed by atoms with van der Waals surface area (Å²) in [6, 6.07) is 0. The fourth-order valence-electron chi connectivity index (χ4n) is 1.19. The Morgan fingerprint density at radius 2 is 2.07 bits per heavy atom. The zero-order chi connectivity index (χ0) is 12.3. The number of carboxylic acid groups (broad SMARTS) is 1. The van der Waals surface area contributed by atoms with Crippen LogP contribution in [0.3, 0.4) is 0 Å². The predicted molar refractivity (Wildman–Crippen MR) is 55.4 cm³/mol. The highest BCUT2D eigenvalue weighted by Crippen LogP contribution is 2.26. The molecule has 0 aliphatic rings. The molecule has 0 fully saturated rings. The van der Waals surface area contributed by atoms with Crippen LogP contribution in [-0.2, 0) is 14.9 Å². The summed E-state index contributed by atoms with van der Waals surface area (Å²) in [5.41, 5.74) is 4.34. The zero-order valence-electron chi connectivity index (χ0n) is 8.38. The molecule has 8 heteroatoms. The molecule has 0 amide bonds. The number of hydrogen-bond acceptors (Lipinski definition) is 4. The van der Waals surface area contributed by atoms with Gasteiger partial charge in [-0.05, 0) is 12.2 Å². The largest absolute Gasteiger partial charge is 0.481 e. The molecule has 4 N–H and O–H groups in total. The van der Waals surface area contributed by atoms with Crippen LogP contribution in [0.5, 0.6) is 0 Å². The van der Waals surface area contributed by atoms with Gasteiger partial charge in [-0.3, -0.25) is 9.35 Å². The van der Waals surface area contributed by atoms with E-state index in [1.807, 2.05) is 0 Å². The molecule has 0 aromatic carbocycles. The zero-order valence-corrected chi connectivity index (χ0v) is 9.20. The van der Waals surface area contributed by atoms with Gasteiger partial charge < -0.3 is 10.8 Å². The monoisotopic (exact) mass is 235 g/mol. The molecule has 0 aromatic rings. The van der Waals surface area contributed by atoms with Gasteiger partial charge in [0.25, 0.3) is 10.1 Å². The van der Waals surface area contributed by atoms with Crippen LogP contribution < -0.4 is 5.73 Å². The number of rotatable bonds is 6. The summed E-state index contributed by atoms with van der Waals surface area (Å²) < 4.78 is 29.7. The maximum Gasteiger partial charge on any atom is 0.305 e. The quantitative estimate of drug-likeness (QED) is 0.418. The van der Waals surface area contributed by atoms with E-state index < -0.39 is 39.6 Å². The highest BCUT2D eigenvalue weighted by Gasteiger charge is 2.34. The van der Waals surface area contributed by atoms with E-state index in [0.29, 0.717) is 0 Å². The van der Waals surface area contributed by atoms with Crippen molar-refractivity contribution in [2.45, 2.75) is 31.1 Å². The van der Waals surface area contributed by atoms with Crippen LogP contribution in [-0.4, -0.2) is 43.2 Å². The molecular weight excluding hydrogens is 221 g/mol. The summed E-state index contributed by atoms with van der Waals surface area (Å²) in [6.45, 7) is 1.60. The van der Waals surface area contributed by atoms with Crippen molar-refractivity contribution in [3.05, 3.63) is 0 Å². The van der Waals surface area contributed by atoms with E-state index in [4.69, 9.17) is 23.2 Å². The minimum absolute atomic E-state index is 0.204. The topological polar surface area (TPSA) is 118 Å². The van der Waals surface area contributed by atoms with Crippen LogP contribution in [0.2, 0.25) is 5.82 Å². The van der Waals surface area contributed by atoms with Gasteiger partial charge in [-0.25, -0.2) is 0 Å². The van der Waals surface area contributed by atoms with Gasteiger partial charge in [-0.2, -0.15) is 8.42 Å². The maximum absolute atomic E-state index is 10.6. The van der Waals surface area contributed by atoms with Crippen molar-refractivity contribution in [3.63, 3.8) is 0 Å². The van der Waals surface area contributed by atoms with Crippen LogP contribution in [0.15, 0.2) is 0 Å². The number of hydrogen-bond donors (Lipinski definition) is 3. The van der Waals surface area contributed by atoms with E-state index >= 15 is 0 Å². The van der Waals surface area contributed by atoms with Crippen molar-refractivity contribution < 1.29 is 22.9 Å². The SMILES string of the molecule is [B]C(CS(=O)(=O)O)C(N)(CC)CC(=O)O. The predicted octanol–water partition coefficient (Wildman–Crippen LogP) is -0.587. The fourth-order valence-corrected chi connectivity index (χ4v) is 1.98. The van der Waals surface area contributed by atoms with E-state index in [1.54, 1.807) is 6.92 Å². The highest BCUT2D eigenvalue weighted by atomic mass is 32.2. The van der Waals surface area contributed by atoms with Crippen molar-refractivity contribution in [3.8, 4) is 0 Å². The average Bonchev–Trinajstić information content (AvgIpc) is 1.99. The second-order valence-corrected chi connectivity index (χ2v) is 5.01. The second kappa shape index (κ2) is 4.95. The first kappa shape index (κ1) is 14.4. The van der Waals surface area contributed by atoms with Gasteiger partial charge in [0.15, 0.2) is 0 Å². The summed E-state index contributed by atoms with van der Waals surface area (Å²) in [5, 5.41) is 8.58. The summed E-state index contributed by atoms with van der Waals surface area (Å²) in [4.78, 5) is 10.5. The van der Waals surface area contributed by atoms with E-state index in [9.17, 15) is 13.2 Å². The van der Waals surface area contributed by atoms with Crippen LogP contribution >= 0.6 is 0 Å². The van der Waals surface area contributed by atoms with Crippen molar-refractivity contribution in [2.75, 3.05) is 5.75 Å². The van der Waals surface area contributed by atoms with E-state index in [2.05, 4.69) is 0 Å². The Bertz CT molecular complexity index is 330. The van der Waals surface area contributed by atoms with E-state index in [-0.39, 0.29) is 6.42 Å². The van der Waals surface area contributed by atoms with Gasteiger partial charge in [0.2, 0.25) is 0 Å².